The van der Waals surface area contributed by atoms with Crippen LogP contribution >= 0.6 is 0 Å². The minimum absolute atomic E-state index is 0.0401. The number of fused-ring (bicyclic) bond motifs is 1. The smallest absolute Gasteiger partial charge is 0.261 e. The van der Waals surface area contributed by atoms with E-state index in [1.54, 1.807) is 6.07 Å². The van der Waals surface area contributed by atoms with Crippen LogP contribution in [0, 0.1) is 0 Å². The predicted octanol–water partition coefficient (Wildman–Crippen LogP) is -0.220. The maximum Gasteiger partial charge on any atom is 0.261 e. The molecule has 0 bridgehead atoms. The van der Waals surface area contributed by atoms with Gasteiger partial charge in [0.2, 0.25) is 0 Å². The number of H-pyrrole nitrogens is 1. The third-order valence-corrected chi connectivity index (χ3v) is 5.67. The minimum Gasteiger partial charge on any atom is -0.348 e. The summed E-state index contributed by atoms with van der Waals surface area (Å²) in [6.45, 7) is 0. The molecule has 0 saturated carbocycles. The Labute approximate surface area is 116 Å². The lowest BCUT2D eigenvalue weighted by molar-refractivity contribution is 0.0939. The van der Waals surface area contributed by atoms with E-state index in [1.807, 2.05) is 0 Å². The fourth-order valence-electron chi connectivity index (χ4n) is 2.85. The van der Waals surface area contributed by atoms with Crippen molar-refractivity contribution < 1.29 is 13.2 Å². The fourth-order valence-corrected chi connectivity index (χ4v) is 4.53. The Morgan fingerprint density at radius 2 is 2.15 bits per heavy atom. The maximum absolute atomic E-state index is 12.1. The monoisotopic (exact) mass is 296 g/mol. The average molecular weight is 296 g/mol. The van der Waals surface area contributed by atoms with E-state index in [0.717, 1.165) is 30.5 Å². The quantitative estimate of drug-likeness (QED) is 0.788. The molecule has 2 N–H and O–H groups in total. The van der Waals surface area contributed by atoms with Crippen molar-refractivity contribution in [1.82, 2.24) is 10.3 Å². The predicted molar refractivity (Wildman–Crippen MR) is 73.6 cm³/mol. The first-order valence-electron chi connectivity index (χ1n) is 6.71. The molecule has 1 aliphatic heterocycles. The normalized spacial score (nSPS) is 23.5. The topological polar surface area (TPSA) is 96.1 Å². The summed E-state index contributed by atoms with van der Waals surface area (Å²) < 4.78 is 22.7. The summed E-state index contributed by atoms with van der Waals surface area (Å²) in [6.07, 6.45) is 3.10. The summed E-state index contributed by atoms with van der Waals surface area (Å²) in [7, 11) is -3.04. The Kier molecular flexibility index (Phi) is 3.16. The maximum atomic E-state index is 12.1. The highest BCUT2D eigenvalue weighted by molar-refractivity contribution is 7.91. The third-order valence-electron chi connectivity index (χ3n) is 3.90. The summed E-state index contributed by atoms with van der Waals surface area (Å²) in [4.78, 5) is 26.7. The van der Waals surface area contributed by atoms with Crippen LogP contribution in [0.4, 0.5) is 0 Å². The van der Waals surface area contributed by atoms with Crippen LogP contribution in [-0.2, 0) is 22.7 Å². The van der Waals surface area contributed by atoms with Gasteiger partial charge < -0.3 is 10.3 Å². The number of pyridine rings is 1. The first-order chi connectivity index (χ1) is 9.44. The van der Waals surface area contributed by atoms with Gasteiger partial charge in [-0.3, -0.25) is 9.59 Å². The molecule has 0 radical (unpaired) electrons. The molecule has 1 aromatic rings. The zero-order valence-electron chi connectivity index (χ0n) is 10.9. The Bertz CT molecular complexity index is 720. The van der Waals surface area contributed by atoms with Crippen molar-refractivity contribution in [3.05, 3.63) is 33.2 Å². The van der Waals surface area contributed by atoms with Gasteiger partial charge in [-0.05, 0) is 37.3 Å². The lowest BCUT2D eigenvalue weighted by atomic mass is 10.1. The van der Waals surface area contributed by atoms with Crippen LogP contribution in [0.2, 0.25) is 0 Å². The second-order valence-electron chi connectivity index (χ2n) is 5.44. The van der Waals surface area contributed by atoms with Crippen LogP contribution < -0.4 is 10.9 Å². The number of aromatic nitrogens is 1. The van der Waals surface area contributed by atoms with E-state index in [9.17, 15) is 18.0 Å². The van der Waals surface area contributed by atoms with Gasteiger partial charge in [0.25, 0.3) is 11.5 Å². The van der Waals surface area contributed by atoms with E-state index in [2.05, 4.69) is 10.3 Å². The Balaban J connectivity index is 1.80. The van der Waals surface area contributed by atoms with Gasteiger partial charge in [0.1, 0.15) is 5.56 Å². The highest BCUT2D eigenvalue weighted by Gasteiger charge is 2.30. The number of hydrogen-bond donors (Lipinski definition) is 2. The summed E-state index contributed by atoms with van der Waals surface area (Å²) in [5, 5.41) is 2.64. The van der Waals surface area contributed by atoms with Crippen LogP contribution in [0.15, 0.2) is 10.9 Å². The zero-order valence-corrected chi connectivity index (χ0v) is 11.8. The lowest BCUT2D eigenvalue weighted by Gasteiger charge is -2.11. The van der Waals surface area contributed by atoms with E-state index in [-0.39, 0.29) is 23.1 Å². The number of carbonyl (C=O) groups excluding carboxylic acids is 1. The second-order valence-corrected chi connectivity index (χ2v) is 7.67. The number of nitrogens with one attached hydrogen (secondary N) is 2. The molecular weight excluding hydrogens is 280 g/mol. The molecule has 2 heterocycles. The summed E-state index contributed by atoms with van der Waals surface area (Å²) in [6, 6.07) is 1.25. The molecule has 2 aliphatic rings. The van der Waals surface area contributed by atoms with Crippen molar-refractivity contribution in [1.29, 1.82) is 0 Å². The van der Waals surface area contributed by atoms with Crippen LogP contribution in [0.1, 0.15) is 34.5 Å². The molecule has 20 heavy (non-hydrogen) atoms. The van der Waals surface area contributed by atoms with E-state index in [1.165, 1.54) is 0 Å². The minimum atomic E-state index is -3.04. The Hall–Kier alpha value is -1.63. The third kappa shape index (κ3) is 2.49. The number of sulfone groups is 1. The van der Waals surface area contributed by atoms with Gasteiger partial charge in [0.15, 0.2) is 9.84 Å². The molecule has 0 spiro atoms. The van der Waals surface area contributed by atoms with Gasteiger partial charge >= 0.3 is 0 Å². The molecule has 1 aliphatic carbocycles. The molecular formula is C13H16N2O4S. The molecule has 1 aromatic heterocycles. The SMILES string of the molecule is O=C(N[C@@H]1CCS(=O)(=O)C1)c1cc2c([nH]c1=O)CCC2. The van der Waals surface area contributed by atoms with E-state index in [4.69, 9.17) is 0 Å². The number of carbonyl (C=O) groups is 1. The highest BCUT2D eigenvalue weighted by Crippen LogP contribution is 2.19. The fraction of sp³-hybridized carbons (Fsp3) is 0.538. The average Bonchev–Trinajstić information content (AvgIpc) is 2.94. The molecule has 108 valence electrons. The molecule has 6 nitrogen and oxygen atoms in total. The van der Waals surface area contributed by atoms with Crippen LogP contribution in [0.3, 0.4) is 0 Å². The van der Waals surface area contributed by atoms with Gasteiger partial charge in [0, 0.05) is 11.7 Å². The Morgan fingerprint density at radius 3 is 2.85 bits per heavy atom. The molecule has 0 aromatic carbocycles. The van der Waals surface area contributed by atoms with Gasteiger partial charge in [-0.15, -0.1) is 0 Å². The molecule has 1 fully saturated rings. The van der Waals surface area contributed by atoms with Gasteiger partial charge in [-0.25, -0.2) is 8.42 Å². The zero-order chi connectivity index (χ0) is 14.3. The van der Waals surface area contributed by atoms with E-state index < -0.39 is 21.3 Å². The number of rotatable bonds is 2. The standard InChI is InChI=1S/C13H16N2O4S/c16-12(14-9-4-5-20(18,19)7-9)10-6-8-2-1-3-11(8)15-13(10)17/h6,9H,1-5,7H2,(H,14,16)(H,15,17)/t9-/m1/s1. The number of aryl methyl sites for hydroxylation is 2. The largest absolute Gasteiger partial charge is 0.348 e. The Morgan fingerprint density at radius 1 is 1.35 bits per heavy atom. The summed E-state index contributed by atoms with van der Waals surface area (Å²) in [5.74, 6) is -0.428. The molecule has 1 amide bonds. The van der Waals surface area contributed by atoms with Crippen molar-refractivity contribution in [3.63, 3.8) is 0 Å². The molecule has 1 atom stereocenters. The van der Waals surface area contributed by atoms with Gasteiger partial charge in [0.05, 0.1) is 11.5 Å². The van der Waals surface area contributed by atoms with Crippen LogP contribution in [0.5, 0.6) is 0 Å². The van der Waals surface area contributed by atoms with Gasteiger partial charge in [-0.1, -0.05) is 0 Å². The first kappa shape index (κ1) is 13.4. The van der Waals surface area contributed by atoms with Crippen LogP contribution in [0.25, 0.3) is 0 Å². The van der Waals surface area contributed by atoms with E-state index >= 15 is 0 Å². The summed E-state index contributed by atoms with van der Waals surface area (Å²) >= 11 is 0. The number of hydrogen-bond acceptors (Lipinski definition) is 4. The molecule has 3 rings (SSSR count). The van der Waals surface area contributed by atoms with Crippen molar-refractivity contribution >= 4 is 15.7 Å². The van der Waals surface area contributed by atoms with Crippen molar-refractivity contribution in [3.8, 4) is 0 Å². The molecule has 1 saturated heterocycles. The van der Waals surface area contributed by atoms with Crippen molar-refractivity contribution in [2.45, 2.75) is 31.7 Å². The number of aromatic amines is 1. The lowest BCUT2D eigenvalue weighted by Crippen LogP contribution is -2.38. The van der Waals surface area contributed by atoms with Crippen molar-refractivity contribution in [2.24, 2.45) is 0 Å². The molecule has 7 heteroatoms. The molecule has 0 unspecified atom stereocenters. The van der Waals surface area contributed by atoms with Crippen LogP contribution in [-0.4, -0.2) is 36.9 Å². The second kappa shape index (κ2) is 4.73. The van der Waals surface area contributed by atoms with Crippen molar-refractivity contribution in [2.75, 3.05) is 11.5 Å². The van der Waals surface area contributed by atoms with Gasteiger partial charge in [-0.2, -0.15) is 0 Å². The van der Waals surface area contributed by atoms with E-state index in [0.29, 0.717) is 6.42 Å². The summed E-state index contributed by atoms with van der Waals surface area (Å²) in [5.41, 5.74) is 1.60. The number of amides is 1. The highest BCUT2D eigenvalue weighted by atomic mass is 32.2. The first-order valence-corrected chi connectivity index (χ1v) is 8.53.